The Bertz CT molecular complexity index is 485. The second-order valence-electron chi connectivity index (χ2n) is 5.12. The van der Waals surface area contributed by atoms with Crippen LogP contribution in [0.25, 0.3) is 0 Å². The van der Waals surface area contributed by atoms with Crippen molar-refractivity contribution in [1.29, 1.82) is 0 Å². The van der Waals surface area contributed by atoms with Crippen molar-refractivity contribution in [2.24, 2.45) is 5.92 Å². The molecule has 0 spiro atoms. The van der Waals surface area contributed by atoms with Crippen LogP contribution >= 0.6 is 15.9 Å². The molecule has 1 fully saturated rings. The van der Waals surface area contributed by atoms with Gasteiger partial charge in [0.1, 0.15) is 0 Å². The van der Waals surface area contributed by atoms with Crippen molar-refractivity contribution in [2.75, 3.05) is 6.61 Å². The van der Waals surface area contributed by atoms with Gasteiger partial charge in [0.2, 0.25) is 5.76 Å². The van der Waals surface area contributed by atoms with Gasteiger partial charge in [0.25, 0.3) is 5.91 Å². The number of rotatable bonds is 4. The third-order valence-electron chi connectivity index (χ3n) is 3.57. The van der Waals surface area contributed by atoms with Crippen LogP contribution in [0.5, 0.6) is 0 Å². The van der Waals surface area contributed by atoms with E-state index in [0.29, 0.717) is 10.6 Å². The van der Waals surface area contributed by atoms with Gasteiger partial charge in [0.05, 0.1) is 0 Å². The van der Waals surface area contributed by atoms with Crippen molar-refractivity contribution in [2.45, 2.75) is 38.6 Å². The second-order valence-corrected chi connectivity index (χ2v) is 5.90. The molecule has 0 bridgehead atoms. The van der Waals surface area contributed by atoms with Crippen LogP contribution in [0.4, 0.5) is 0 Å². The van der Waals surface area contributed by atoms with Crippen LogP contribution in [0.3, 0.4) is 0 Å². The first kappa shape index (κ1) is 15.1. The molecule has 1 N–H and O–H groups in total. The Morgan fingerprint density at radius 1 is 1.40 bits per heavy atom. The molecule has 110 valence electrons. The summed E-state index contributed by atoms with van der Waals surface area (Å²) < 4.78 is 10.4. The Balaban J connectivity index is 1.76. The van der Waals surface area contributed by atoms with E-state index in [9.17, 15) is 9.59 Å². The van der Waals surface area contributed by atoms with Gasteiger partial charge in [0.15, 0.2) is 11.3 Å². The topological polar surface area (TPSA) is 68.5 Å². The lowest BCUT2D eigenvalue weighted by Gasteiger charge is -2.29. The van der Waals surface area contributed by atoms with Crippen LogP contribution in [0.2, 0.25) is 0 Å². The molecule has 1 saturated carbocycles. The lowest BCUT2D eigenvalue weighted by atomic mass is 9.86. The van der Waals surface area contributed by atoms with Gasteiger partial charge in [-0.1, -0.05) is 19.8 Å². The molecule has 20 heavy (non-hydrogen) atoms. The van der Waals surface area contributed by atoms with Gasteiger partial charge in [-0.2, -0.15) is 0 Å². The summed E-state index contributed by atoms with van der Waals surface area (Å²) in [4.78, 5) is 23.4. The highest BCUT2D eigenvalue weighted by atomic mass is 79.9. The number of hydrogen-bond acceptors (Lipinski definition) is 4. The van der Waals surface area contributed by atoms with Gasteiger partial charge in [-0.05, 0) is 46.8 Å². The molecule has 0 aliphatic heterocycles. The van der Waals surface area contributed by atoms with Crippen molar-refractivity contribution in [3.8, 4) is 0 Å². The second kappa shape index (κ2) is 6.92. The van der Waals surface area contributed by atoms with Crippen LogP contribution in [-0.2, 0) is 9.53 Å². The monoisotopic (exact) mass is 343 g/mol. The summed E-state index contributed by atoms with van der Waals surface area (Å²) in [5, 5.41) is 2.92. The third kappa shape index (κ3) is 4.10. The van der Waals surface area contributed by atoms with Crippen LogP contribution < -0.4 is 5.32 Å². The number of furan rings is 1. The molecule has 1 amide bonds. The van der Waals surface area contributed by atoms with Crippen LogP contribution in [-0.4, -0.2) is 24.5 Å². The summed E-state index contributed by atoms with van der Waals surface area (Å²) in [6.07, 6.45) is 4.47. The SMILES string of the molecule is C[C@@H]1CCCC[C@H]1NC(=O)COC(=O)c1ccc(Br)o1. The average Bonchev–Trinajstić information content (AvgIpc) is 2.85. The average molecular weight is 344 g/mol. The summed E-state index contributed by atoms with van der Waals surface area (Å²) in [7, 11) is 0. The van der Waals surface area contributed by atoms with E-state index in [4.69, 9.17) is 9.15 Å². The van der Waals surface area contributed by atoms with E-state index < -0.39 is 5.97 Å². The minimum Gasteiger partial charge on any atom is -0.450 e. The van der Waals surface area contributed by atoms with Gasteiger partial charge in [-0.15, -0.1) is 0 Å². The molecule has 1 aliphatic carbocycles. The van der Waals surface area contributed by atoms with Crippen molar-refractivity contribution in [3.05, 3.63) is 22.6 Å². The molecule has 5 nitrogen and oxygen atoms in total. The molecule has 6 heteroatoms. The summed E-state index contributed by atoms with van der Waals surface area (Å²) in [6, 6.07) is 3.28. The molecule has 2 atom stereocenters. The number of halogens is 1. The molecule has 0 radical (unpaired) electrons. The van der Waals surface area contributed by atoms with Gasteiger partial charge in [0, 0.05) is 6.04 Å². The summed E-state index contributed by atoms with van der Waals surface area (Å²) in [5.41, 5.74) is 0. The van der Waals surface area contributed by atoms with E-state index in [1.807, 2.05) is 0 Å². The summed E-state index contributed by atoms with van der Waals surface area (Å²) in [6.45, 7) is 1.86. The molecule has 1 aromatic heterocycles. The molecule has 0 saturated heterocycles. The number of amides is 1. The molecular formula is C14H18BrNO4. The highest BCUT2D eigenvalue weighted by Gasteiger charge is 2.23. The normalized spacial score (nSPS) is 22.3. The first-order valence-corrected chi connectivity index (χ1v) is 7.57. The zero-order valence-corrected chi connectivity index (χ0v) is 12.9. The van der Waals surface area contributed by atoms with Crippen LogP contribution in [0, 0.1) is 5.92 Å². The predicted octanol–water partition coefficient (Wildman–Crippen LogP) is 2.89. The quantitative estimate of drug-likeness (QED) is 0.853. The number of carbonyl (C=O) groups excluding carboxylic acids is 2. The summed E-state index contributed by atoms with van der Waals surface area (Å²) in [5.74, 6) is -0.342. The van der Waals surface area contributed by atoms with Crippen molar-refractivity contribution in [1.82, 2.24) is 5.32 Å². The lowest BCUT2D eigenvalue weighted by molar-refractivity contribution is -0.125. The number of esters is 1. The van der Waals surface area contributed by atoms with E-state index in [1.165, 1.54) is 12.5 Å². The van der Waals surface area contributed by atoms with Crippen LogP contribution in [0.1, 0.15) is 43.2 Å². The van der Waals surface area contributed by atoms with E-state index in [1.54, 1.807) is 6.07 Å². The molecule has 1 aromatic rings. The highest BCUT2D eigenvalue weighted by Crippen LogP contribution is 2.23. The fourth-order valence-corrected chi connectivity index (χ4v) is 2.71. The van der Waals surface area contributed by atoms with Crippen LogP contribution in [0.15, 0.2) is 21.2 Å². The van der Waals surface area contributed by atoms with Crippen molar-refractivity contribution < 1.29 is 18.7 Å². The van der Waals surface area contributed by atoms with Crippen molar-refractivity contribution >= 4 is 27.8 Å². The number of hydrogen-bond donors (Lipinski definition) is 1. The maximum Gasteiger partial charge on any atom is 0.374 e. The zero-order chi connectivity index (χ0) is 14.5. The summed E-state index contributed by atoms with van der Waals surface area (Å²) >= 11 is 3.10. The van der Waals surface area contributed by atoms with E-state index in [0.717, 1.165) is 19.3 Å². The first-order chi connectivity index (χ1) is 9.56. The minimum absolute atomic E-state index is 0.0794. The Kier molecular flexibility index (Phi) is 5.23. The number of carbonyl (C=O) groups is 2. The lowest BCUT2D eigenvalue weighted by Crippen LogP contribution is -2.42. The zero-order valence-electron chi connectivity index (χ0n) is 11.4. The molecule has 1 aliphatic rings. The fraction of sp³-hybridized carbons (Fsp3) is 0.571. The first-order valence-electron chi connectivity index (χ1n) is 6.78. The smallest absolute Gasteiger partial charge is 0.374 e. The predicted molar refractivity (Wildman–Crippen MR) is 76.3 cm³/mol. The van der Waals surface area contributed by atoms with E-state index in [2.05, 4.69) is 28.2 Å². The highest BCUT2D eigenvalue weighted by molar-refractivity contribution is 9.10. The third-order valence-corrected chi connectivity index (χ3v) is 3.99. The Morgan fingerprint density at radius 3 is 2.80 bits per heavy atom. The van der Waals surface area contributed by atoms with E-state index in [-0.39, 0.29) is 24.3 Å². The molecule has 2 rings (SSSR count). The van der Waals surface area contributed by atoms with Gasteiger partial charge in [-0.25, -0.2) is 4.79 Å². The Morgan fingerprint density at radius 2 is 2.15 bits per heavy atom. The van der Waals surface area contributed by atoms with Gasteiger partial charge >= 0.3 is 5.97 Å². The Hall–Kier alpha value is -1.30. The molecule has 0 unspecified atom stereocenters. The fourth-order valence-electron chi connectivity index (χ4n) is 2.41. The molecule has 1 heterocycles. The number of nitrogens with one attached hydrogen (secondary N) is 1. The molecular weight excluding hydrogens is 326 g/mol. The Labute approximate surface area is 126 Å². The van der Waals surface area contributed by atoms with Crippen molar-refractivity contribution in [3.63, 3.8) is 0 Å². The number of ether oxygens (including phenoxy) is 1. The van der Waals surface area contributed by atoms with Gasteiger partial charge < -0.3 is 14.5 Å². The van der Waals surface area contributed by atoms with E-state index >= 15 is 0 Å². The standard InChI is InChI=1S/C14H18BrNO4/c1-9-4-2-3-5-10(9)16-13(17)8-19-14(18)11-6-7-12(15)20-11/h6-7,9-10H,2-5,8H2,1H3,(H,16,17)/t9-,10-/m1/s1. The maximum atomic E-state index is 11.8. The van der Waals surface area contributed by atoms with Gasteiger partial charge in [-0.3, -0.25) is 4.79 Å². The maximum absolute atomic E-state index is 11.8. The molecule has 0 aromatic carbocycles. The minimum atomic E-state index is -0.637. The largest absolute Gasteiger partial charge is 0.450 e.